The molecule has 0 bridgehead atoms. The molecule has 1 atom stereocenters. The summed E-state index contributed by atoms with van der Waals surface area (Å²) in [7, 11) is 0. The highest BCUT2D eigenvalue weighted by Crippen LogP contribution is 2.17. The lowest BCUT2D eigenvalue weighted by atomic mass is 10.0. The maximum atomic E-state index is 10.2. The number of unbranched alkanes of at least 4 members (excludes halogenated alkanes) is 27. The van der Waals surface area contributed by atoms with E-state index < -0.39 is 0 Å². The topological polar surface area (TPSA) is 40.5 Å². The summed E-state index contributed by atoms with van der Waals surface area (Å²) in [6.07, 6.45) is 41.7. The van der Waals surface area contributed by atoms with Gasteiger partial charge in [0.15, 0.2) is 0 Å². The van der Waals surface area contributed by atoms with Gasteiger partial charge in [-0.2, -0.15) is 0 Å². The number of hydrogen-bond acceptors (Lipinski definition) is 2. The standard InChI is InChI=1S/C34H70O2/c1-2-3-4-5-6-7-16-19-22-25-28-31-34(36)32-29-26-23-20-17-14-12-10-8-9-11-13-15-18-21-24-27-30-33-35/h34-36H,2-33H2,1H3. The minimum atomic E-state index is -0.0413. The van der Waals surface area contributed by atoms with Gasteiger partial charge in [-0.05, 0) is 19.3 Å². The molecule has 36 heavy (non-hydrogen) atoms. The fourth-order valence-electron chi connectivity index (χ4n) is 5.51. The first-order valence-electron chi connectivity index (χ1n) is 17.1. The number of hydrogen-bond donors (Lipinski definition) is 2. The number of rotatable bonds is 32. The largest absolute Gasteiger partial charge is 0.396 e. The number of aliphatic hydroxyl groups excluding tert-OH is 2. The SMILES string of the molecule is CCCCCCCCCCCCCC(O)CCCCCCCCCCCCCCCCCCCCO. The van der Waals surface area contributed by atoms with Crippen LogP contribution in [0.5, 0.6) is 0 Å². The zero-order valence-corrected chi connectivity index (χ0v) is 25.1. The van der Waals surface area contributed by atoms with Crippen LogP contribution in [-0.4, -0.2) is 22.9 Å². The summed E-state index contributed by atoms with van der Waals surface area (Å²) in [5.41, 5.74) is 0. The van der Waals surface area contributed by atoms with Crippen LogP contribution in [0.15, 0.2) is 0 Å². The second-order valence-electron chi connectivity index (χ2n) is 11.9. The predicted molar refractivity (Wildman–Crippen MR) is 162 cm³/mol. The van der Waals surface area contributed by atoms with Gasteiger partial charge in [-0.25, -0.2) is 0 Å². The van der Waals surface area contributed by atoms with Crippen molar-refractivity contribution in [3.63, 3.8) is 0 Å². The van der Waals surface area contributed by atoms with Gasteiger partial charge in [-0.1, -0.05) is 187 Å². The summed E-state index contributed by atoms with van der Waals surface area (Å²) in [5, 5.41) is 19.0. The van der Waals surface area contributed by atoms with Crippen molar-refractivity contribution in [3.8, 4) is 0 Å². The molecule has 0 saturated heterocycles. The first-order valence-corrected chi connectivity index (χ1v) is 17.1. The van der Waals surface area contributed by atoms with E-state index in [4.69, 9.17) is 5.11 Å². The Kier molecular flexibility index (Phi) is 32.9. The monoisotopic (exact) mass is 511 g/mol. The quantitative estimate of drug-likeness (QED) is 0.0883. The van der Waals surface area contributed by atoms with Crippen LogP contribution in [0.25, 0.3) is 0 Å². The molecule has 0 heterocycles. The van der Waals surface area contributed by atoms with E-state index in [1.807, 2.05) is 0 Å². The van der Waals surface area contributed by atoms with Gasteiger partial charge in [0.1, 0.15) is 0 Å². The van der Waals surface area contributed by atoms with Crippen LogP contribution in [-0.2, 0) is 0 Å². The lowest BCUT2D eigenvalue weighted by Gasteiger charge is -2.10. The lowest BCUT2D eigenvalue weighted by molar-refractivity contribution is 0.147. The predicted octanol–water partition coefficient (Wildman–Crippen LogP) is 11.5. The third kappa shape index (κ3) is 31.9. The first-order chi connectivity index (χ1) is 17.8. The molecule has 218 valence electrons. The van der Waals surface area contributed by atoms with Crippen molar-refractivity contribution in [1.82, 2.24) is 0 Å². The Morgan fingerprint density at radius 2 is 0.556 bits per heavy atom. The Morgan fingerprint density at radius 1 is 0.333 bits per heavy atom. The Balaban J connectivity index is 3.12. The molecule has 2 N–H and O–H groups in total. The van der Waals surface area contributed by atoms with Gasteiger partial charge in [0.05, 0.1) is 6.10 Å². The van der Waals surface area contributed by atoms with Crippen molar-refractivity contribution < 1.29 is 10.2 Å². The van der Waals surface area contributed by atoms with Crippen molar-refractivity contribution in [1.29, 1.82) is 0 Å². The van der Waals surface area contributed by atoms with E-state index in [1.54, 1.807) is 0 Å². The molecule has 0 spiro atoms. The molecule has 0 aromatic carbocycles. The highest BCUT2D eigenvalue weighted by atomic mass is 16.3. The van der Waals surface area contributed by atoms with Crippen molar-refractivity contribution in [2.75, 3.05) is 6.61 Å². The van der Waals surface area contributed by atoms with Crippen LogP contribution in [0.3, 0.4) is 0 Å². The van der Waals surface area contributed by atoms with Gasteiger partial charge < -0.3 is 10.2 Å². The van der Waals surface area contributed by atoms with E-state index in [2.05, 4.69) is 6.92 Å². The Bertz CT molecular complexity index is 370. The highest BCUT2D eigenvalue weighted by Gasteiger charge is 2.04. The summed E-state index contributed by atoms with van der Waals surface area (Å²) in [6, 6.07) is 0. The zero-order valence-electron chi connectivity index (χ0n) is 25.1. The van der Waals surface area contributed by atoms with E-state index in [-0.39, 0.29) is 6.10 Å². The van der Waals surface area contributed by atoms with Crippen LogP contribution in [0.1, 0.15) is 206 Å². The van der Waals surface area contributed by atoms with Gasteiger partial charge >= 0.3 is 0 Å². The minimum Gasteiger partial charge on any atom is -0.396 e. The summed E-state index contributed by atoms with van der Waals surface area (Å²) in [6.45, 7) is 2.65. The summed E-state index contributed by atoms with van der Waals surface area (Å²) >= 11 is 0. The first kappa shape index (κ1) is 35.9. The molecule has 0 aliphatic carbocycles. The maximum Gasteiger partial charge on any atom is 0.0540 e. The van der Waals surface area contributed by atoms with Gasteiger partial charge in [-0.15, -0.1) is 0 Å². The van der Waals surface area contributed by atoms with Gasteiger partial charge in [0, 0.05) is 6.61 Å². The lowest BCUT2D eigenvalue weighted by Crippen LogP contribution is -2.05. The van der Waals surface area contributed by atoms with Crippen LogP contribution >= 0.6 is 0 Å². The van der Waals surface area contributed by atoms with Crippen molar-refractivity contribution in [2.24, 2.45) is 0 Å². The molecule has 0 aromatic rings. The van der Waals surface area contributed by atoms with Crippen LogP contribution in [0.2, 0.25) is 0 Å². The molecule has 0 aromatic heterocycles. The van der Waals surface area contributed by atoms with Gasteiger partial charge in [0.2, 0.25) is 0 Å². The van der Waals surface area contributed by atoms with Crippen LogP contribution in [0, 0.1) is 0 Å². The van der Waals surface area contributed by atoms with Gasteiger partial charge in [0.25, 0.3) is 0 Å². The minimum absolute atomic E-state index is 0.0413. The average molecular weight is 511 g/mol. The van der Waals surface area contributed by atoms with E-state index in [1.165, 1.54) is 180 Å². The normalized spacial score (nSPS) is 12.4. The highest BCUT2D eigenvalue weighted by molar-refractivity contribution is 4.58. The van der Waals surface area contributed by atoms with Crippen molar-refractivity contribution in [2.45, 2.75) is 212 Å². The molecule has 0 amide bonds. The summed E-state index contributed by atoms with van der Waals surface area (Å²) < 4.78 is 0. The molecule has 2 heteroatoms. The Morgan fingerprint density at radius 3 is 0.806 bits per heavy atom. The van der Waals surface area contributed by atoms with E-state index >= 15 is 0 Å². The molecule has 2 nitrogen and oxygen atoms in total. The molecular weight excluding hydrogens is 440 g/mol. The fourth-order valence-corrected chi connectivity index (χ4v) is 5.51. The van der Waals surface area contributed by atoms with E-state index in [0.717, 1.165) is 19.3 Å². The summed E-state index contributed by atoms with van der Waals surface area (Å²) in [5.74, 6) is 0. The average Bonchev–Trinajstić information content (AvgIpc) is 2.88. The molecule has 0 aliphatic heterocycles. The molecule has 0 radical (unpaired) electrons. The van der Waals surface area contributed by atoms with E-state index in [9.17, 15) is 5.11 Å². The fraction of sp³-hybridized carbons (Fsp3) is 1.00. The Hall–Kier alpha value is -0.0800. The molecule has 0 saturated carbocycles. The van der Waals surface area contributed by atoms with Gasteiger partial charge in [-0.3, -0.25) is 0 Å². The van der Waals surface area contributed by atoms with Crippen molar-refractivity contribution >= 4 is 0 Å². The van der Waals surface area contributed by atoms with Crippen LogP contribution in [0.4, 0.5) is 0 Å². The molecule has 0 aliphatic rings. The summed E-state index contributed by atoms with van der Waals surface area (Å²) in [4.78, 5) is 0. The molecule has 0 rings (SSSR count). The maximum absolute atomic E-state index is 10.2. The van der Waals surface area contributed by atoms with Crippen LogP contribution < -0.4 is 0 Å². The van der Waals surface area contributed by atoms with Crippen molar-refractivity contribution in [3.05, 3.63) is 0 Å². The second kappa shape index (κ2) is 32.9. The molecular formula is C34H70O2. The zero-order chi connectivity index (χ0) is 26.2. The number of aliphatic hydroxyl groups is 2. The molecule has 0 fully saturated rings. The molecule has 1 unspecified atom stereocenters. The second-order valence-corrected chi connectivity index (χ2v) is 11.9. The van der Waals surface area contributed by atoms with E-state index in [0.29, 0.717) is 6.61 Å². The smallest absolute Gasteiger partial charge is 0.0540 e. The third-order valence-electron chi connectivity index (χ3n) is 8.09. The third-order valence-corrected chi connectivity index (χ3v) is 8.09. The Labute approximate surface area is 228 Å².